The zero-order valence-electron chi connectivity index (χ0n) is 14.7. The lowest BCUT2D eigenvalue weighted by Gasteiger charge is -2.33. The van der Waals surface area contributed by atoms with Crippen LogP contribution in [0.4, 0.5) is 0 Å². The highest BCUT2D eigenvalue weighted by molar-refractivity contribution is 7.48. The third-order valence-electron chi connectivity index (χ3n) is 4.03. The standard InChI is InChI=1S/C17H23N3O6P/c21-16(19-12-17(22)20(23)9-4-10-27(24,25)26)8-3-5-13-11-18-15-7-2-1-6-14(13)15/h1-2,6-7,11,18H,3-5,8-10,12H2,(H,19,21)(H2,24,25,26)/q-1/p-2. The molecule has 0 aliphatic rings. The van der Waals surface area contributed by atoms with Crippen LogP contribution in [0.25, 0.3) is 10.9 Å². The molecule has 0 aliphatic heterocycles. The summed E-state index contributed by atoms with van der Waals surface area (Å²) >= 11 is 0. The van der Waals surface area contributed by atoms with Gasteiger partial charge in [-0.05, 0) is 37.1 Å². The van der Waals surface area contributed by atoms with Crippen LogP contribution in [-0.4, -0.2) is 41.1 Å². The molecule has 27 heavy (non-hydrogen) atoms. The normalized spacial score (nSPS) is 11.5. The van der Waals surface area contributed by atoms with Gasteiger partial charge >= 0.3 is 0 Å². The van der Waals surface area contributed by atoms with Crippen molar-refractivity contribution in [1.29, 1.82) is 0 Å². The summed E-state index contributed by atoms with van der Waals surface area (Å²) in [6, 6.07) is 7.85. The summed E-state index contributed by atoms with van der Waals surface area (Å²) in [4.78, 5) is 47.5. The summed E-state index contributed by atoms with van der Waals surface area (Å²) in [7, 11) is -4.68. The maximum atomic E-state index is 11.8. The van der Waals surface area contributed by atoms with Crippen LogP contribution in [0, 0.1) is 5.21 Å². The molecule has 0 saturated carbocycles. The molecule has 2 aromatic rings. The fourth-order valence-corrected chi connectivity index (χ4v) is 3.19. The Morgan fingerprint density at radius 2 is 1.93 bits per heavy atom. The van der Waals surface area contributed by atoms with Crippen molar-refractivity contribution in [3.05, 3.63) is 41.2 Å². The van der Waals surface area contributed by atoms with Gasteiger partial charge in [0.1, 0.15) is 0 Å². The largest absolute Gasteiger partial charge is 0.811 e. The monoisotopic (exact) mass is 394 g/mol. The van der Waals surface area contributed by atoms with Crippen LogP contribution in [-0.2, 0) is 20.6 Å². The Bertz CT molecular complexity index is 831. The summed E-state index contributed by atoms with van der Waals surface area (Å²) < 4.78 is 10.5. The molecule has 148 valence electrons. The molecule has 1 heterocycles. The molecule has 0 atom stereocenters. The van der Waals surface area contributed by atoms with Crippen LogP contribution < -0.4 is 15.1 Å². The van der Waals surface area contributed by atoms with Gasteiger partial charge in [-0.15, -0.1) is 0 Å². The number of para-hydroxylation sites is 1. The number of fused-ring (bicyclic) bond motifs is 1. The highest BCUT2D eigenvalue weighted by Crippen LogP contribution is 2.23. The first-order valence-electron chi connectivity index (χ1n) is 8.56. The van der Waals surface area contributed by atoms with E-state index in [1.807, 2.05) is 30.5 Å². The van der Waals surface area contributed by atoms with Gasteiger partial charge in [-0.3, -0.25) is 9.59 Å². The predicted molar refractivity (Wildman–Crippen MR) is 96.4 cm³/mol. The topological polar surface area (TPSA) is 151 Å². The van der Waals surface area contributed by atoms with Crippen molar-refractivity contribution in [2.75, 3.05) is 19.3 Å². The Labute approximate surface area is 156 Å². The van der Waals surface area contributed by atoms with E-state index in [0.717, 1.165) is 16.5 Å². The van der Waals surface area contributed by atoms with Crippen molar-refractivity contribution < 1.29 is 23.9 Å². The van der Waals surface area contributed by atoms with E-state index in [0.29, 0.717) is 12.8 Å². The number of hydrogen-bond donors (Lipinski definition) is 2. The van der Waals surface area contributed by atoms with Crippen LogP contribution in [0.15, 0.2) is 30.5 Å². The minimum Gasteiger partial charge on any atom is -0.811 e. The van der Waals surface area contributed by atoms with Gasteiger partial charge in [0.15, 0.2) is 0 Å². The lowest BCUT2D eigenvalue weighted by atomic mass is 10.1. The van der Waals surface area contributed by atoms with Crippen LogP contribution in [0.1, 0.15) is 24.8 Å². The van der Waals surface area contributed by atoms with Crippen molar-refractivity contribution in [3.63, 3.8) is 0 Å². The van der Waals surface area contributed by atoms with Crippen LogP contribution in [0.5, 0.6) is 0 Å². The second-order valence-electron chi connectivity index (χ2n) is 6.17. The number of aromatic amines is 1. The molecular weight excluding hydrogens is 373 g/mol. The van der Waals surface area contributed by atoms with Gasteiger partial charge in [-0.25, -0.2) is 0 Å². The lowest BCUT2D eigenvalue weighted by molar-refractivity contribution is -0.313. The minimum atomic E-state index is -4.68. The summed E-state index contributed by atoms with van der Waals surface area (Å²) in [6.07, 6.45) is 2.50. The number of nitrogens with zero attached hydrogens (tertiary/aromatic N) is 1. The first kappa shape index (κ1) is 21.1. The number of aromatic nitrogens is 1. The predicted octanol–water partition coefficient (Wildman–Crippen LogP) is 0.237. The molecule has 2 rings (SSSR count). The quantitative estimate of drug-likeness (QED) is 0.435. The van der Waals surface area contributed by atoms with E-state index in [2.05, 4.69) is 10.3 Å². The van der Waals surface area contributed by atoms with Gasteiger partial charge in [0.05, 0.1) is 6.54 Å². The molecule has 0 fully saturated rings. The molecule has 0 radical (unpaired) electrons. The third kappa shape index (κ3) is 7.15. The Hall–Kier alpha value is -2.19. The molecule has 1 aromatic carbocycles. The molecule has 0 spiro atoms. The number of amides is 2. The maximum absolute atomic E-state index is 11.8. The zero-order chi connectivity index (χ0) is 19.9. The molecular formula is C17H21N3O6P-3. The van der Waals surface area contributed by atoms with E-state index in [4.69, 9.17) is 0 Å². The maximum Gasteiger partial charge on any atom is 0.231 e. The second kappa shape index (κ2) is 9.66. The second-order valence-corrected chi connectivity index (χ2v) is 7.84. The Balaban J connectivity index is 1.65. The number of hydrogen-bond acceptors (Lipinski definition) is 6. The molecule has 0 bridgehead atoms. The SMILES string of the molecule is O=C(CCCc1c[nH]c2ccccc12)NCC(=O)N([O-])CCCP(=O)([O-])[O-]. The van der Waals surface area contributed by atoms with E-state index < -0.39 is 32.8 Å². The van der Waals surface area contributed by atoms with E-state index in [-0.39, 0.29) is 23.8 Å². The molecule has 0 unspecified atom stereocenters. The highest BCUT2D eigenvalue weighted by atomic mass is 31.2. The molecule has 2 N–H and O–H groups in total. The number of nitrogens with one attached hydrogen (secondary N) is 2. The average Bonchev–Trinajstić information content (AvgIpc) is 3.02. The van der Waals surface area contributed by atoms with Gasteiger partial charge < -0.3 is 34.9 Å². The molecule has 10 heteroatoms. The van der Waals surface area contributed by atoms with Gasteiger partial charge in [0.2, 0.25) is 11.8 Å². The van der Waals surface area contributed by atoms with Gasteiger partial charge in [-0.1, -0.05) is 25.8 Å². The van der Waals surface area contributed by atoms with Gasteiger partial charge in [0, 0.05) is 30.1 Å². The molecule has 2 amide bonds. The van der Waals surface area contributed by atoms with Crippen LogP contribution in [0.2, 0.25) is 0 Å². The first-order chi connectivity index (χ1) is 12.8. The number of carbonyl (C=O) groups is 2. The number of rotatable bonds is 10. The number of hydroxylamine groups is 2. The smallest absolute Gasteiger partial charge is 0.231 e. The van der Waals surface area contributed by atoms with Crippen molar-refractivity contribution in [1.82, 2.24) is 15.4 Å². The van der Waals surface area contributed by atoms with E-state index >= 15 is 0 Å². The Morgan fingerprint density at radius 1 is 1.19 bits per heavy atom. The lowest BCUT2D eigenvalue weighted by Crippen LogP contribution is -2.38. The van der Waals surface area contributed by atoms with Crippen molar-refractivity contribution in [3.8, 4) is 0 Å². The summed E-state index contributed by atoms with van der Waals surface area (Å²) in [5.41, 5.74) is 2.14. The zero-order valence-corrected chi connectivity index (χ0v) is 15.6. The van der Waals surface area contributed by atoms with Crippen molar-refractivity contribution in [2.24, 2.45) is 0 Å². The van der Waals surface area contributed by atoms with E-state index in [1.165, 1.54) is 0 Å². The molecule has 0 aliphatic carbocycles. The minimum absolute atomic E-state index is 0.0574. The van der Waals surface area contributed by atoms with Crippen LogP contribution in [0.3, 0.4) is 0 Å². The molecule has 0 saturated heterocycles. The molecule has 1 aromatic heterocycles. The summed E-state index contributed by atoms with van der Waals surface area (Å²) in [5.74, 6) is -1.23. The van der Waals surface area contributed by atoms with Crippen molar-refractivity contribution >= 4 is 30.3 Å². The number of carbonyl (C=O) groups excluding carboxylic acids is 2. The van der Waals surface area contributed by atoms with E-state index in [9.17, 15) is 29.1 Å². The number of H-pyrrole nitrogens is 1. The fourth-order valence-electron chi connectivity index (χ4n) is 2.66. The third-order valence-corrected chi connectivity index (χ3v) is 4.90. The molecule has 9 nitrogen and oxygen atoms in total. The first-order valence-corrected chi connectivity index (χ1v) is 10.3. The van der Waals surface area contributed by atoms with Crippen LogP contribution >= 0.6 is 7.60 Å². The number of aryl methyl sites for hydroxylation is 1. The summed E-state index contributed by atoms with van der Waals surface area (Å²) in [6.45, 7) is -0.856. The average molecular weight is 394 g/mol. The van der Waals surface area contributed by atoms with Gasteiger partial charge in [0.25, 0.3) is 0 Å². The van der Waals surface area contributed by atoms with E-state index in [1.54, 1.807) is 0 Å². The fraction of sp³-hybridized carbons (Fsp3) is 0.412. The number of benzene rings is 1. The highest BCUT2D eigenvalue weighted by Gasteiger charge is 2.09. The Morgan fingerprint density at radius 3 is 2.67 bits per heavy atom. The van der Waals surface area contributed by atoms with Gasteiger partial charge in [-0.2, -0.15) is 0 Å². The summed E-state index contributed by atoms with van der Waals surface area (Å²) in [5, 5.41) is 15.0. The Kier molecular flexibility index (Phi) is 7.55. The van der Waals surface area contributed by atoms with Crippen molar-refractivity contribution in [2.45, 2.75) is 25.7 Å².